The van der Waals surface area contributed by atoms with Crippen LogP contribution < -0.4 is 0 Å². The van der Waals surface area contributed by atoms with Crippen LogP contribution in [0.25, 0.3) is 0 Å². The standard InChI is InChI=1S/C20H36O3/c1-6-8-9-10-11-12-13-19(7-2)16-18(5)22-14-15-23-20(21)17(3)4/h7,18-19H,2-3,6,8-16H2,1,4-5H3. The summed E-state index contributed by atoms with van der Waals surface area (Å²) in [5.74, 6) is 0.155. The lowest BCUT2D eigenvalue weighted by molar-refractivity contribution is -0.141. The zero-order chi connectivity index (χ0) is 17.5. The molecule has 0 heterocycles. The van der Waals surface area contributed by atoms with Gasteiger partial charge in [0.15, 0.2) is 0 Å². The minimum absolute atomic E-state index is 0.154. The Labute approximate surface area is 143 Å². The molecule has 3 nitrogen and oxygen atoms in total. The van der Waals surface area contributed by atoms with Crippen LogP contribution in [-0.4, -0.2) is 25.3 Å². The second kappa shape index (κ2) is 14.5. The lowest BCUT2D eigenvalue weighted by atomic mass is 9.95. The van der Waals surface area contributed by atoms with Gasteiger partial charge in [0.25, 0.3) is 0 Å². The Bertz CT molecular complexity index is 336. The second-order valence-electron chi connectivity index (χ2n) is 6.39. The van der Waals surface area contributed by atoms with E-state index < -0.39 is 0 Å². The quantitative estimate of drug-likeness (QED) is 0.174. The first-order valence-corrected chi connectivity index (χ1v) is 9.08. The van der Waals surface area contributed by atoms with Gasteiger partial charge in [-0.2, -0.15) is 0 Å². The lowest BCUT2D eigenvalue weighted by Gasteiger charge is -2.18. The molecule has 3 heteroatoms. The second-order valence-corrected chi connectivity index (χ2v) is 6.39. The van der Waals surface area contributed by atoms with Gasteiger partial charge in [0, 0.05) is 5.57 Å². The summed E-state index contributed by atoms with van der Waals surface area (Å²) in [6, 6.07) is 0. The largest absolute Gasteiger partial charge is 0.460 e. The number of rotatable bonds is 15. The molecule has 0 saturated carbocycles. The Morgan fingerprint density at radius 1 is 1.13 bits per heavy atom. The monoisotopic (exact) mass is 324 g/mol. The van der Waals surface area contributed by atoms with E-state index >= 15 is 0 Å². The maximum absolute atomic E-state index is 11.2. The molecule has 0 aliphatic rings. The van der Waals surface area contributed by atoms with Crippen molar-refractivity contribution in [2.24, 2.45) is 5.92 Å². The summed E-state index contributed by atoms with van der Waals surface area (Å²) in [4.78, 5) is 11.2. The first-order chi connectivity index (χ1) is 11.0. The fourth-order valence-corrected chi connectivity index (χ4v) is 2.52. The van der Waals surface area contributed by atoms with Crippen molar-refractivity contribution in [2.75, 3.05) is 13.2 Å². The predicted octanol–water partition coefficient (Wildman–Crippen LogP) is 5.45. The summed E-state index contributed by atoms with van der Waals surface area (Å²) in [6.45, 7) is 14.2. The Morgan fingerprint density at radius 3 is 2.39 bits per heavy atom. The summed E-state index contributed by atoms with van der Waals surface area (Å²) in [6.07, 6.45) is 12.3. The van der Waals surface area contributed by atoms with E-state index in [2.05, 4.69) is 27.0 Å². The van der Waals surface area contributed by atoms with Crippen molar-refractivity contribution >= 4 is 5.97 Å². The van der Waals surface area contributed by atoms with Gasteiger partial charge in [-0.1, -0.05) is 58.1 Å². The van der Waals surface area contributed by atoms with E-state index in [9.17, 15) is 4.79 Å². The molecule has 0 aliphatic heterocycles. The van der Waals surface area contributed by atoms with Crippen LogP contribution >= 0.6 is 0 Å². The third-order valence-electron chi connectivity index (χ3n) is 3.96. The number of esters is 1. The SMILES string of the molecule is C=CC(CCCCCCCC)CC(C)OCCOC(=O)C(=C)C. The molecule has 2 atom stereocenters. The van der Waals surface area contributed by atoms with Crippen molar-refractivity contribution in [3.63, 3.8) is 0 Å². The number of unbranched alkanes of at least 4 members (excludes halogenated alkanes) is 5. The van der Waals surface area contributed by atoms with E-state index in [1.807, 2.05) is 6.08 Å². The van der Waals surface area contributed by atoms with Crippen LogP contribution in [0.3, 0.4) is 0 Å². The van der Waals surface area contributed by atoms with Crippen LogP contribution in [0.5, 0.6) is 0 Å². The normalized spacial score (nSPS) is 13.3. The number of carbonyl (C=O) groups is 1. The van der Waals surface area contributed by atoms with Gasteiger partial charge in [-0.05, 0) is 32.6 Å². The highest BCUT2D eigenvalue weighted by molar-refractivity contribution is 5.86. The third kappa shape index (κ3) is 13.1. The molecular weight excluding hydrogens is 288 g/mol. The molecule has 0 aliphatic carbocycles. The molecule has 0 bridgehead atoms. The van der Waals surface area contributed by atoms with Gasteiger partial charge < -0.3 is 9.47 Å². The number of ether oxygens (including phenoxy) is 2. The summed E-state index contributed by atoms with van der Waals surface area (Å²) < 4.78 is 10.7. The maximum Gasteiger partial charge on any atom is 0.333 e. The zero-order valence-corrected chi connectivity index (χ0v) is 15.4. The van der Waals surface area contributed by atoms with E-state index in [-0.39, 0.29) is 18.7 Å². The molecule has 134 valence electrons. The average Bonchev–Trinajstić information content (AvgIpc) is 2.53. The van der Waals surface area contributed by atoms with Crippen molar-refractivity contribution in [3.8, 4) is 0 Å². The van der Waals surface area contributed by atoms with Crippen LogP contribution in [0.2, 0.25) is 0 Å². The highest BCUT2D eigenvalue weighted by Gasteiger charge is 2.11. The van der Waals surface area contributed by atoms with Gasteiger partial charge >= 0.3 is 5.97 Å². The van der Waals surface area contributed by atoms with Crippen LogP contribution in [0.1, 0.15) is 72.1 Å². The van der Waals surface area contributed by atoms with Gasteiger partial charge in [-0.25, -0.2) is 4.79 Å². The molecule has 0 amide bonds. The first-order valence-electron chi connectivity index (χ1n) is 9.08. The number of carbonyl (C=O) groups excluding carboxylic acids is 1. The predicted molar refractivity (Wildman–Crippen MR) is 97.5 cm³/mol. The third-order valence-corrected chi connectivity index (χ3v) is 3.96. The smallest absolute Gasteiger partial charge is 0.333 e. The fraction of sp³-hybridized carbons (Fsp3) is 0.750. The van der Waals surface area contributed by atoms with Gasteiger partial charge in [0.1, 0.15) is 6.61 Å². The molecule has 0 saturated heterocycles. The topological polar surface area (TPSA) is 35.5 Å². The zero-order valence-electron chi connectivity index (χ0n) is 15.4. The van der Waals surface area contributed by atoms with Crippen molar-refractivity contribution in [3.05, 3.63) is 24.8 Å². The number of allylic oxidation sites excluding steroid dienone is 1. The number of hydrogen-bond donors (Lipinski definition) is 0. The maximum atomic E-state index is 11.2. The summed E-state index contributed by atoms with van der Waals surface area (Å²) in [5.41, 5.74) is 0.420. The van der Waals surface area contributed by atoms with Crippen LogP contribution in [-0.2, 0) is 14.3 Å². The Balaban J connectivity index is 3.71. The van der Waals surface area contributed by atoms with Crippen LogP contribution in [0.4, 0.5) is 0 Å². The minimum atomic E-state index is -0.353. The highest BCUT2D eigenvalue weighted by Crippen LogP contribution is 2.19. The molecule has 0 aromatic rings. The van der Waals surface area contributed by atoms with Gasteiger partial charge in [-0.15, -0.1) is 6.58 Å². The number of hydrogen-bond acceptors (Lipinski definition) is 3. The van der Waals surface area contributed by atoms with E-state index in [1.165, 1.54) is 44.9 Å². The molecule has 0 aromatic carbocycles. The highest BCUT2D eigenvalue weighted by atomic mass is 16.6. The molecule has 0 aromatic heterocycles. The molecular formula is C20H36O3. The summed E-state index contributed by atoms with van der Waals surface area (Å²) in [7, 11) is 0. The van der Waals surface area contributed by atoms with Gasteiger partial charge in [-0.3, -0.25) is 0 Å². The average molecular weight is 325 g/mol. The molecule has 0 N–H and O–H groups in total. The minimum Gasteiger partial charge on any atom is -0.460 e. The Kier molecular flexibility index (Phi) is 13.8. The van der Waals surface area contributed by atoms with Crippen molar-refractivity contribution in [2.45, 2.75) is 78.2 Å². The van der Waals surface area contributed by atoms with E-state index in [0.717, 1.165) is 6.42 Å². The van der Waals surface area contributed by atoms with Crippen LogP contribution in [0.15, 0.2) is 24.8 Å². The first kappa shape index (κ1) is 21.9. The van der Waals surface area contributed by atoms with Crippen molar-refractivity contribution in [1.82, 2.24) is 0 Å². The summed E-state index contributed by atoms with van der Waals surface area (Å²) >= 11 is 0. The molecule has 2 unspecified atom stereocenters. The molecule has 0 fully saturated rings. The van der Waals surface area contributed by atoms with E-state index in [4.69, 9.17) is 9.47 Å². The Morgan fingerprint density at radius 2 is 1.78 bits per heavy atom. The molecule has 0 spiro atoms. The summed E-state index contributed by atoms with van der Waals surface area (Å²) in [5, 5.41) is 0. The van der Waals surface area contributed by atoms with Crippen LogP contribution in [0, 0.1) is 5.92 Å². The molecule has 0 rings (SSSR count). The molecule has 0 radical (unpaired) electrons. The van der Waals surface area contributed by atoms with E-state index in [1.54, 1.807) is 6.92 Å². The van der Waals surface area contributed by atoms with Crippen molar-refractivity contribution in [1.29, 1.82) is 0 Å². The van der Waals surface area contributed by atoms with Crippen molar-refractivity contribution < 1.29 is 14.3 Å². The van der Waals surface area contributed by atoms with E-state index in [0.29, 0.717) is 18.1 Å². The van der Waals surface area contributed by atoms with Gasteiger partial charge in [0.05, 0.1) is 12.7 Å². The Hall–Kier alpha value is -1.09. The fourth-order valence-electron chi connectivity index (χ4n) is 2.52. The molecule has 23 heavy (non-hydrogen) atoms. The van der Waals surface area contributed by atoms with Gasteiger partial charge in [0.2, 0.25) is 0 Å². The lowest BCUT2D eigenvalue weighted by Crippen LogP contribution is -2.18.